The molecule has 3 aliphatic heterocycles. The lowest BCUT2D eigenvalue weighted by molar-refractivity contribution is -0.138. The number of ether oxygens (including phenoxy) is 3. The molecule has 3 aliphatic rings. The normalized spacial score (nSPS) is 18.2. The van der Waals surface area contributed by atoms with Gasteiger partial charge in [-0.3, -0.25) is 34.2 Å². The molecule has 3 N–H and O–H groups in total. The molecule has 0 bridgehead atoms. The van der Waals surface area contributed by atoms with Crippen molar-refractivity contribution in [2.24, 2.45) is 5.41 Å². The second-order valence-corrected chi connectivity index (χ2v) is 16.1. The minimum atomic E-state index is -4.79. The summed E-state index contributed by atoms with van der Waals surface area (Å²) in [6.45, 7) is 5.77. The number of rotatable bonds is 17. The molecular formula is C46H44F4N6O8. The molecule has 0 aromatic heterocycles. The Hall–Kier alpha value is -6.84. The quantitative estimate of drug-likeness (QED) is 0.0629. The Morgan fingerprint density at radius 2 is 1.56 bits per heavy atom. The molecule has 2 fully saturated rings. The first-order chi connectivity index (χ1) is 30.5. The second-order valence-electron chi connectivity index (χ2n) is 16.1. The number of imide groups is 2. The summed E-state index contributed by atoms with van der Waals surface area (Å²) in [4.78, 5) is 66.0. The van der Waals surface area contributed by atoms with E-state index in [1.54, 1.807) is 38.1 Å². The Labute approximate surface area is 365 Å². The van der Waals surface area contributed by atoms with Gasteiger partial charge in [-0.2, -0.15) is 18.4 Å². The summed E-state index contributed by atoms with van der Waals surface area (Å²) in [6, 6.07) is 20.4. The van der Waals surface area contributed by atoms with Gasteiger partial charge in [-0.05, 0) is 66.1 Å². The van der Waals surface area contributed by atoms with Crippen LogP contribution >= 0.6 is 0 Å². The lowest BCUT2D eigenvalue weighted by Crippen LogP contribution is -2.54. The van der Waals surface area contributed by atoms with Crippen LogP contribution in [0.3, 0.4) is 0 Å². The van der Waals surface area contributed by atoms with Crippen molar-refractivity contribution in [3.63, 3.8) is 0 Å². The van der Waals surface area contributed by atoms with E-state index in [-0.39, 0.29) is 55.0 Å². The van der Waals surface area contributed by atoms with Crippen LogP contribution in [0.5, 0.6) is 5.75 Å². The number of piperidine rings is 1. The first-order valence-electron chi connectivity index (χ1n) is 20.5. The summed E-state index contributed by atoms with van der Waals surface area (Å²) in [5.74, 6) is -3.50. The standard InChI is InChI=1S/C46H44F4N6O8/c1-45(2)26-55(44(61)40(45)64-32-13-10-29(24-51)34(23-32)46(48,49)50)25-30-7-6-28(22-35(30)47)27-8-11-31(12-9-27)52-16-18-62-20-21-63-19-17-53-36-5-3-4-33-39(36)43(60)56(42(33)59)37-14-15-38(57)54-41(37)58/h3-13,22-23,37,40,52-53H,14-21,25-26H2,1-2H3,(H,54,57,58). The van der Waals surface area contributed by atoms with Gasteiger partial charge in [0, 0.05) is 55.0 Å². The Balaban J connectivity index is 0.809. The van der Waals surface area contributed by atoms with Crippen LogP contribution in [0.25, 0.3) is 11.1 Å². The van der Waals surface area contributed by atoms with Gasteiger partial charge < -0.3 is 29.7 Å². The molecule has 5 amide bonds. The fourth-order valence-corrected chi connectivity index (χ4v) is 7.91. The Kier molecular flexibility index (Phi) is 13.3. The predicted molar refractivity (Wildman–Crippen MR) is 223 cm³/mol. The highest BCUT2D eigenvalue weighted by molar-refractivity contribution is 6.25. The van der Waals surface area contributed by atoms with Gasteiger partial charge in [0.25, 0.3) is 17.7 Å². The van der Waals surface area contributed by atoms with Crippen molar-refractivity contribution in [2.75, 3.05) is 56.7 Å². The molecule has 2 saturated heterocycles. The largest absolute Gasteiger partial charge is 0.480 e. The number of likely N-dealkylation sites (tertiary alicyclic amines) is 1. The highest BCUT2D eigenvalue weighted by Gasteiger charge is 2.49. The minimum absolute atomic E-state index is 0.0374. The molecular weight excluding hydrogens is 841 g/mol. The number of carbonyl (C=O) groups excluding carboxylic acids is 5. The van der Waals surface area contributed by atoms with E-state index < -0.39 is 70.2 Å². The first-order valence-corrected chi connectivity index (χ1v) is 20.5. The van der Waals surface area contributed by atoms with Crippen molar-refractivity contribution >= 4 is 40.9 Å². The third-order valence-electron chi connectivity index (χ3n) is 11.1. The molecule has 2 atom stereocenters. The van der Waals surface area contributed by atoms with E-state index in [2.05, 4.69) is 16.0 Å². The minimum Gasteiger partial charge on any atom is -0.480 e. The Bertz CT molecular complexity index is 2510. The number of alkyl halides is 3. The van der Waals surface area contributed by atoms with Crippen molar-refractivity contribution in [2.45, 2.75) is 51.6 Å². The van der Waals surface area contributed by atoms with Gasteiger partial charge >= 0.3 is 6.18 Å². The zero-order chi connectivity index (χ0) is 45.8. The molecule has 18 heteroatoms. The maximum atomic E-state index is 15.5. The summed E-state index contributed by atoms with van der Waals surface area (Å²) in [5, 5.41) is 17.7. The van der Waals surface area contributed by atoms with Crippen molar-refractivity contribution in [3.8, 4) is 22.9 Å². The number of nitrogens with one attached hydrogen (secondary N) is 3. The molecule has 14 nitrogen and oxygen atoms in total. The number of fused-ring (bicyclic) bond motifs is 1. The van der Waals surface area contributed by atoms with Crippen LogP contribution in [-0.2, 0) is 36.6 Å². The molecule has 0 radical (unpaired) electrons. The fraction of sp³-hybridized carbons (Fsp3) is 0.348. The van der Waals surface area contributed by atoms with Gasteiger partial charge in [-0.15, -0.1) is 0 Å². The third kappa shape index (κ3) is 9.85. The van der Waals surface area contributed by atoms with Gasteiger partial charge in [0.05, 0.1) is 54.8 Å². The maximum absolute atomic E-state index is 15.5. The molecule has 7 rings (SSSR count). The highest BCUT2D eigenvalue weighted by Crippen LogP contribution is 2.39. The second kappa shape index (κ2) is 18.9. The number of nitrogens with zero attached hydrogens (tertiary/aromatic N) is 3. The van der Waals surface area contributed by atoms with Crippen LogP contribution < -0.4 is 20.7 Å². The smallest absolute Gasteiger partial charge is 0.417 e. The van der Waals surface area contributed by atoms with Crippen LogP contribution in [0.15, 0.2) is 78.9 Å². The van der Waals surface area contributed by atoms with Crippen LogP contribution in [0.2, 0.25) is 0 Å². The number of halogens is 4. The molecule has 4 aromatic carbocycles. The van der Waals surface area contributed by atoms with Crippen molar-refractivity contribution in [1.29, 1.82) is 5.26 Å². The summed E-state index contributed by atoms with van der Waals surface area (Å²) < 4.78 is 73.1. The third-order valence-corrected chi connectivity index (χ3v) is 11.1. The fourth-order valence-electron chi connectivity index (χ4n) is 7.91. The van der Waals surface area contributed by atoms with Gasteiger partial charge in [0.2, 0.25) is 11.8 Å². The molecule has 334 valence electrons. The average Bonchev–Trinajstić information content (AvgIpc) is 3.64. The zero-order valence-corrected chi connectivity index (χ0v) is 34.9. The van der Waals surface area contributed by atoms with E-state index in [0.29, 0.717) is 50.2 Å². The molecule has 64 heavy (non-hydrogen) atoms. The topological polar surface area (TPSA) is 179 Å². The van der Waals surface area contributed by atoms with E-state index >= 15 is 4.39 Å². The van der Waals surface area contributed by atoms with Crippen molar-refractivity contribution < 1.29 is 55.7 Å². The Morgan fingerprint density at radius 1 is 0.859 bits per heavy atom. The maximum Gasteiger partial charge on any atom is 0.417 e. The van der Waals surface area contributed by atoms with E-state index in [1.807, 2.05) is 24.3 Å². The number of hydrogen-bond donors (Lipinski definition) is 3. The van der Waals surface area contributed by atoms with Crippen molar-refractivity contribution in [1.82, 2.24) is 15.1 Å². The van der Waals surface area contributed by atoms with Crippen LogP contribution in [0.1, 0.15) is 64.1 Å². The molecule has 2 unspecified atom stereocenters. The van der Waals surface area contributed by atoms with E-state index in [0.717, 1.165) is 22.2 Å². The lowest BCUT2D eigenvalue weighted by atomic mass is 9.89. The molecule has 0 aliphatic carbocycles. The van der Waals surface area contributed by atoms with E-state index in [9.17, 15) is 37.1 Å². The first kappa shape index (κ1) is 45.2. The average molecular weight is 885 g/mol. The van der Waals surface area contributed by atoms with Gasteiger partial charge in [0.15, 0.2) is 6.10 Å². The highest BCUT2D eigenvalue weighted by atomic mass is 19.4. The number of nitriles is 1. The van der Waals surface area contributed by atoms with E-state index in [4.69, 9.17) is 19.5 Å². The predicted octanol–water partition coefficient (Wildman–Crippen LogP) is 6.16. The van der Waals surface area contributed by atoms with Gasteiger partial charge in [-0.25, -0.2) is 4.39 Å². The molecule has 4 aromatic rings. The monoisotopic (exact) mass is 884 g/mol. The number of amides is 5. The SMILES string of the molecule is CC1(C)CN(Cc2ccc(-c3ccc(NCCOCCOCCNc4cccc5c4C(=O)N(C4CCC(=O)NC4=O)C5=O)cc3)cc2F)C(=O)C1Oc1ccc(C#N)c(C(F)(F)F)c1. The van der Waals surface area contributed by atoms with Crippen LogP contribution in [0.4, 0.5) is 28.9 Å². The molecule has 0 saturated carbocycles. The Morgan fingerprint density at radius 3 is 2.23 bits per heavy atom. The van der Waals surface area contributed by atoms with Crippen molar-refractivity contribution in [3.05, 3.63) is 112 Å². The number of carbonyl (C=O) groups is 5. The summed E-state index contributed by atoms with van der Waals surface area (Å²) >= 11 is 0. The zero-order valence-electron chi connectivity index (χ0n) is 34.9. The van der Waals surface area contributed by atoms with Gasteiger partial charge in [-0.1, -0.05) is 44.2 Å². The summed E-state index contributed by atoms with van der Waals surface area (Å²) in [5.41, 5.74) is 0.738. The number of hydrogen-bond acceptors (Lipinski definition) is 11. The van der Waals surface area contributed by atoms with E-state index in [1.165, 1.54) is 29.2 Å². The lowest BCUT2D eigenvalue weighted by Gasteiger charge is -2.27. The molecule has 3 heterocycles. The van der Waals surface area contributed by atoms with Crippen LogP contribution in [-0.4, -0.2) is 97.5 Å². The number of benzene rings is 4. The van der Waals surface area contributed by atoms with Crippen LogP contribution in [0, 0.1) is 22.6 Å². The number of anilines is 2. The molecule has 0 spiro atoms. The summed E-state index contributed by atoms with van der Waals surface area (Å²) in [6.07, 6.45) is -5.81. The van der Waals surface area contributed by atoms with Gasteiger partial charge in [0.1, 0.15) is 17.6 Å². The summed E-state index contributed by atoms with van der Waals surface area (Å²) in [7, 11) is 0.